The van der Waals surface area contributed by atoms with Gasteiger partial charge in [0, 0.05) is 23.7 Å². The van der Waals surface area contributed by atoms with Crippen LogP contribution in [-0.2, 0) is 15.3 Å². The predicted molar refractivity (Wildman–Crippen MR) is 144 cm³/mol. The lowest BCUT2D eigenvalue weighted by Gasteiger charge is -2.23. The van der Waals surface area contributed by atoms with E-state index in [2.05, 4.69) is 15.2 Å². The zero-order chi connectivity index (χ0) is 26.6. The van der Waals surface area contributed by atoms with E-state index in [1.807, 2.05) is 30.3 Å². The molecule has 2 aromatic carbocycles. The molecule has 1 unspecified atom stereocenters. The van der Waals surface area contributed by atoms with Crippen molar-refractivity contribution in [2.24, 2.45) is 0 Å². The van der Waals surface area contributed by atoms with Gasteiger partial charge < -0.3 is 14.6 Å². The summed E-state index contributed by atoms with van der Waals surface area (Å²) in [6.45, 7) is 0. The molecule has 11 heteroatoms. The van der Waals surface area contributed by atoms with Gasteiger partial charge in [-0.1, -0.05) is 59.5 Å². The van der Waals surface area contributed by atoms with Crippen LogP contribution in [0.1, 0.15) is 22.7 Å². The number of thioether (sulfide) groups is 1. The summed E-state index contributed by atoms with van der Waals surface area (Å²) in [5.41, 5.74) is 1.95. The van der Waals surface area contributed by atoms with Crippen LogP contribution in [0.25, 0.3) is 5.76 Å². The molecule has 1 atom stereocenters. The van der Waals surface area contributed by atoms with Crippen LogP contribution in [0.4, 0.5) is 5.13 Å². The summed E-state index contributed by atoms with van der Waals surface area (Å²) in [7, 11) is 3.01. The fourth-order valence-electron chi connectivity index (χ4n) is 4.11. The van der Waals surface area contributed by atoms with Gasteiger partial charge in [-0.05, 0) is 35.4 Å². The number of amides is 1. The van der Waals surface area contributed by atoms with Crippen molar-refractivity contribution >= 4 is 45.7 Å². The number of carbonyl (C=O) groups is 2. The second-order valence-electron chi connectivity index (χ2n) is 8.14. The van der Waals surface area contributed by atoms with Crippen LogP contribution in [0.3, 0.4) is 0 Å². The van der Waals surface area contributed by atoms with Gasteiger partial charge >= 0.3 is 5.91 Å². The molecule has 3 heterocycles. The third-order valence-electron chi connectivity index (χ3n) is 5.93. The molecule has 0 aliphatic carbocycles. The van der Waals surface area contributed by atoms with Gasteiger partial charge in [-0.25, -0.2) is 0 Å². The van der Waals surface area contributed by atoms with Gasteiger partial charge in [0.2, 0.25) is 5.13 Å². The van der Waals surface area contributed by atoms with E-state index in [1.54, 1.807) is 30.3 Å². The van der Waals surface area contributed by atoms with Crippen LogP contribution in [0.15, 0.2) is 83.0 Å². The minimum absolute atomic E-state index is 0.0675. The first-order valence-corrected chi connectivity index (χ1v) is 13.3. The number of Topliss-reactive ketones (excluding diaryl/α,β-unsaturated/α-hetero) is 1. The Balaban J connectivity index is 1.58. The van der Waals surface area contributed by atoms with Crippen molar-refractivity contribution in [1.29, 1.82) is 0 Å². The number of anilines is 1. The maximum absolute atomic E-state index is 13.4. The number of rotatable bonds is 8. The highest BCUT2D eigenvalue weighted by Gasteiger charge is 2.48. The molecule has 0 bridgehead atoms. The van der Waals surface area contributed by atoms with Crippen LogP contribution >= 0.6 is 23.1 Å². The number of benzene rings is 2. The largest absolute Gasteiger partial charge is 0.507 e. The van der Waals surface area contributed by atoms with E-state index in [4.69, 9.17) is 9.47 Å². The number of aliphatic hydroxyl groups excluding tert-OH is 1. The Labute approximate surface area is 226 Å². The number of aromatic nitrogens is 3. The predicted octanol–water partition coefficient (Wildman–Crippen LogP) is 4.87. The van der Waals surface area contributed by atoms with E-state index in [0.717, 1.165) is 5.56 Å². The Kier molecular flexibility index (Phi) is 7.38. The van der Waals surface area contributed by atoms with Crippen molar-refractivity contribution in [2.45, 2.75) is 16.1 Å². The van der Waals surface area contributed by atoms with Crippen molar-refractivity contribution in [3.05, 3.63) is 95.3 Å². The lowest BCUT2D eigenvalue weighted by molar-refractivity contribution is -0.132. The molecule has 38 heavy (non-hydrogen) atoms. The van der Waals surface area contributed by atoms with E-state index in [1.165, 1.54) is 54.6 Å². The van der Waals surface area contributed by atoms with Gasteiger partial charge in [0.15, 0.2) is 15.8 Å². The number of methoxy groups -OCH3 is 2. The summed E-state index contributed by atoms with van der Waals surface area (Å²) < 4.78 is 11.5. The normalized spacial score (nSPS) is 16.6. The second kappa shape index (κ2) is 11.0. The molecule has 0 saturated carbocycles. The molecule has 0 spiro atoms. The molecule has 1 fully saturated rings. The summed E-state index contributed by atoms with van der Waals surface area (Å²) in [5.74, 6) is -0.371. The Hall–Kier alpha value is -4.22. The first-order valence-electron chi connectivity index (χ1n) is 11.5. The summed E-state index contributed by atoms with van der Waals surface area (Å²) >= 11 is 2.69. The third kappa shape index (κ3) is 4.85. The minimum atomic E-state index is -0.970. The summed E-state index contributed by atoms with van der Waals surface area (Å²) in [5, 5.41) is 19.9. The monoisotopic (exact) mass is 546 g/mol. The number of carbonyl (C=O) groups excluding carboxylic acids is 2. The molecule has 1 aliphatic heterocycles. The molecular weight excluding hydrogens is 524 g/mol. The topological polar surface area (TPSA) is 115 Å². The lowest BCUT2D eigenvalue weighted by atomic mass is 9.95. The van der Waals surface area contributed by atoms with Crippen LogP contribution in [0.2, 0.25) is 0 Å². The number of aliphatic hydroxyl groups is 1. The van der Waals surface area contributed by atoms with Crippen molar-refractivity contribution in [3.63, 3.8) is 0 Å². The molecule has 192 valence electrons. The van der Waals surface area contributed by atoms with Crippen LogP contribution in [0.5, 0.6) is 11.5 Å². The molecule has 0 radical (unpaired) electrons. The smallest absolute Gasteiger partial charge is 0.301 e. The number of hydrogen-bond acceptors (Lipinski definition) is 10. The second-order valence-corrected chi connectivity index (χ2v) is 10.3. The highest BCUT2D eigenvalue weighted by Crippen LogP contribution is 2.45. The highest BCUT2D eigenvalue weighted by atomic mass is 32.2. The van der Waals surface area contributed by atoms with E-state index in [0.29, 0.717) is 32.7 Å². The molecule has 1 saturated heterocycles. The van der Waals surface area contributed by atoms with Crippen molar-refractivity contribution in [1.82, 2.24) is 15.2 Å². The Morgan fingerprint density at radius 1 is 1.00 bits per heavy atom. The Morgan fingerprint density at radius 3 is 2.45 bits per heavy atom. The van der Waals surface area contributed by atoms with Gasteiger partial charge in [-0.3, -0.25) is 19.5 Å². The Bertz CT molecular complexity index is 1510. The Morgan fingerprint density at radius 2 is 1.74 bits per heavy atom. The summed E-state index contributed by atoms with van der Waals surface area (Å²) in [6.07, 6.45) is 3.00. The number of nitrogens with zero attached hydrogens (tertiary/aromatic N) is 4. The van der Waals surface area contributed by atoms with Gasteiger partial charge in [0.1, 0.15) is 5.76 Å². The number of pyridine rings is 1. The SMILES string of the molecule is COc1ccc(C2/C(=C(\O)c3ccncc3)C(=O)C(=O)N2c2nnc(SCc3ccccc3)s2)cc1OC. The van der Waals surface area contributed by atoms with Gasteiger partial charge in [0.25, 0.3) is 5.78 Å². The van der Waals surface area contributed by atoms with Crippen LogP contribution in [0, 0.1) is 0 Å². The van der Waals surface area contributed by atoms with Crippen molar-refractivity contribution < 1.29 is 24.2 Å². The van der Waals surface area contributed by atoms with E-state index in [-0.39, 0.29) is 16.5 Å². The number of ether oxygens (including phenoxy) is 2. The first-order chi connectivity index (χ1) is 18.5. The number of ketones is 1. The van der Waals surface area contributed by atoms with Crippen molar-refractivity contribution in [2.75, 3.05) is 19.1 Å². The van der Waals surface area contributed by atoms with Gasteiger partial charge in [0.05, 0.1) is 25.8 Å². The third-order valence-corrected chi connectivity index (χ3v) is 8.06. The maximum atomic E-state index is 13.4. The molecule has 1 N–H and O–H groups in total. The fraction of sp³-hybridized carbons (Fsp3) is 0.148. The first kappa shape index (κ1) is 25.4. The molecule has 9 nitrogen and oxygen atoms in total. The quantitative estimate of drug-likeness (QED) is 0.109. The molecule has 4 aromatic rings. The van der Waals surface area contributed by atoms with E-state index in [9.17, 15) is 14.7 Å². The van der Waals surface area contributed by atoms with E-state index >= 15 is 0 Å². The molecule has 2 aromatic heterocycles. The zero-order valence-electron chi connectivity index (χ0n) is 20.4. The lowest BCUT2D eigenvalue weighted by Crippen LogP contribution is -2.29. The standard InChI is InChI=1S/C27H22N4O5S2/c1-35-19-9-8-18(14-20(19)36-2)22-21(23(32)17-10-12-28-13-11-17)24(33)25(34)31(22)26-29-30-27(38-26)37-15-16-6-4-3-5-7-16/h3-14,22,32H,15H2,1-2H3/b23-21+. The maximum Gasteiger partial charge on any atom is 0.301 e. The molecule has 5 rings (SSSR count). The summed E-state index contributed by atoms with van der Waals surface area (Å²) in [6, 6.07) is 17.2. The minimum Gasteiger partial charge on any atom is -0.507 e. The van der Waals surface area contributed by atoms with Crippen LogP contribution in [-0.4, -0.2) is 46.2 Å². The van der Waals surface area contributed by atoms with Crippen molar-refractivity contribution in [3.8, 4) is 11.5 Å². The van der Waals surface area contributed by atoms with E-state index < -0.39 is 17.7 Å². The van der Waals surface area contributed by atoms with Gasteiger partial charge in [-0.15, -0.1) is 10.2 Å². The molecule has 1 aliphatic rings. The highest BCUT2D eigenvalue weighted by molar-refractivity contribution is 8.00. The summed E-state index contributed by atoms with van der Waals surface area (Å²) in [4.78, 5) is 32.0. The van der Waals surface area contributed by atoms with Crippen LogP contribution < -0.4 is 14.4 Å². The average Bonchev–Trinajstić information content (AvgIpc) is 3.54. The molecule has 1 amide bonds. The fourth-order valence-corrected chi connectivity index (χ4v) is 5.93. The number of hydrogen-bond donors (Lipinski definition) is 1. The average molecular weight is 547 g/mol. The van der Waals surface area contributed by atoms with Gasteiger partial charge in [-0.2, -0.15) is 0 Å². The molecular formula is C27H22N4O5S2. The zero-order valence-corrected chi connectivity index (χ0v) is 22.0.